The second-order valence-corrected chi connectivity index (χ2v) is 5.45. The van der Waals surface area contributed by atoms with E-state index in [1.807, 2.05) is 30.1 Å². The quantitative estimate of drug-likeness (QED) is 0.765. The van der Waals surface area contributed by atoms with Gasteiger partial charge in [-0.1, -0.05) is 46.3 Å². The fourth-order valence-corrected chi connectivity index (χ4v) is 2.48. The molecule has 0 bridgehead atoms. The molecule has 2 atom stereocenters. The van der Waals surface area contributed by atoms with Crippen LogP contribution in [0.5, 0.6) is 0 Å². The van der Waals surface area contributed by atoms with Crippen molar-refractivity contribution in [3.8, 4) is 0 Å². The van der Waals surface area contributed by atoms with E-state index in [4.69, 9.17) is 0 Å². The van der Waals surface area contributed by atoms with Crippen molar-refractivity contribution in [1.82, 2.24) is 4.90 Å². The molecule has 0 radical (unpaired) electrons. The fourth-order valence-electron chi connectivity index (χ4n) is 2.23. The summed E-state index contributed by atoms with van der Waals surface area (Å²) < 4.78 is 0. The van der Waals surface area contributed by atoms with E-state index in [-0.39, 0.29) is 5.92 Å². The van der Waals surface area contributed by atoms with Gasteiger partial charge in [0.15, 0.2) is 0 Å². The summed E-state index contributed by atoms with van der Waals surface area (Å²) in [6.45, 7) is 0.849. The molecule has 0 saturated heterocycles. The summed E-state index contributed by atoms with van der Waals surface area (Å²) in [5.74, 6) is 0.979. The molecule has 1 aromatic carbocycles. The first-order chi connectivity index (χ1) is 8.24. The molecular weight excluding hydrogens is 278 g/mol. The molecule has 1 saturated carbocycles. The van der Waals surface area contributed by atoms with Crippen LogP contribution in [0.15, 0.2) is 30.3 Å². The number of carbonyl (C=O) groups excluding carboxylic acids is 1. The monoisotopic (exact) mass is 295 g/mol. The van der Waals surface area contributed by atoms with E-state index < -0.39 is 0 Å². The molecule has 0 aromatic heterocycles. The van der Waals surface area contributed by atoms with E-state index in [1.165, 1.54) is 5.56 Å². The molecule has 2 unspecified atom stereocenters. The second-order valence-electron chi connectivity index (χ2n) is 4.66. The maximum atomic E-state index is 12.1. The van der Waals surface area contributed by atoms with E-state index in [0.717, 1.165) is 24.7 Å². The van der Waals surface area contributed by atoms with Crippen LogP contribution in [0.4, 0.5) is 0 Å². The largest absolute Gasteiger partial charge is 0.345 e. The number of hydrogen-bond donors (Lipinski definition) is 0. The highest BCUT2D eigenvalue weighted by atomic mass is 79.9. The van der Waals surface area contributed by atoms with Gasteiger partial charge >= 0.3 is 0 Å². The highest BCUT2D eigenvalue weighted by molar-refractivity contribution is 9.09. The van der Waals surface area contributed by atoms with Gasteiger partial charge in [0, 0.05) is 24.8 Å². The number of alkyl halides is 1. The van der Waals surface area contributed by atoms with Crippen molar-refractivity contribution in [3.05, 3.63) is 35.9 Å². The van der Waals surface area contributed by atoms with Gasteiger partial charge in [0.25, 0.3) is 0 Å². The number of benzene rings is 1. The van der Waals surface area contributed by atoms with Gasteiger partial charge in [0.05, 0.1) is 0 Å². The molecule has 0 aliphatic heterocycles. The minimum atomic E-state index is 0.220. The summed E-state index contributed by atoms with van der Waals surface area (Å²) in [5, 5.41) is 0.956. The molecule has 0 heterocycles. The number of nitrogens with zero attached hydrogens (tertiary/aromatic N) is 1. The average Bonchev–Trinajstić information content (AvgIpc) is 3.16. The molecule has 1 aliphatic carbocycles. The molecule has 0 spiro atoms. The van der Waals surface area contributed by atoms with E-state index in [2.05, 4.69) is 28.1 Å². The van der Waals surface area contributed by atoms with Gasteiger partial charge in [-0.15, -0.1) is 0 Å². The lowest BCUT2D eigenvalue weighted by atomic mass is 10.1. The molecule has 1 aliphatic rings. The van der Waals surface area contributed by atoms with Gasteiger partial charge in [-0.2, -0.15) is 0 Å². The van der Waals surface area contributed by atoms with Gasteiger partial charge in [0.1, 0.15) is 0 Å². The summed E-state index contributed by atoms with van der Waals surface area (Å²) in [7, 11) is 1.91. The Hall–Kier alpha value is -0.830. The maximum Gasteiger partial charge on any atom is 0.226 e. The molecule has 1 amide bonds. The van der Waals surface area contributed by atoms with Crippen molar-refractivity contribution in [2.45, 2.75) is 18.8 Å². The van der Waals surface area contributed by atoms with Gasteiger partial charge in [-0.25, -0.2) is 0 Å². The Morgan fingerprint density at radius 2 is 2.12 bits per heavy atom. The lowest BCUT2D eigenvalue weighted by Gasteiger charge is -2.16. The van der Waals surface area contributed by atoms with E-state index >= 15 is 0 Å². The summed E-state index contributed by atoms with van der Waals surface area (Å²) in [5.41, 5.74) is 1.31. The summed E-state index contributed by atoms with van der Waals surface area (Å²) in [6, 6.07) is 10.4. The van der Waals surface area contributed by atoms with Gasteiger partial charge in [0.2, 0.25) is 5.91 Å². The third kappa shape index (κ3) is 3.09. The first-order valence-electron chi connectivity index (χ1n) is 6.10. The maximum absolute atomic E-state index is 12.1. The van der Waals surface area contributed by atoms with Crippen LogP contribution in [-0.2, 0) is 4.79 Å². The van der Waals surface area contributed by atoms with Crippen molar-refractivity contribution in [2.75, 3.05) is 18.9 Å². The number of rotatable bonds is 5. The number of carbonyl (C=O) groups is 1. The Morgan fingerprint density at radius 3 is 2.76 bits per heavy atom. The Bertz CT molecular complexity index is 379. The minimum Gasteiger partial charge on any atom is -0.345 e. The highest BCUT2D eigenvalue weighted by Crippen LogP contribution is 2.48. The number of amides is 1. The summed E-state index contributed by atoms with van der Waals surface area (Å²) >= 11 is 3.39. The van der Waals surface area contributed by atoms with Crippen LogP contribution in [0.2, 0.25) is 0 Å². The first-order valence-corrected chi connectivity index (χ1v) is 7.22. The van der Waals surface area contributed by atoms with Gasteiger partial charge in [-0.05, 0) is 24.3 Å². The Balaban J connectivity index is 1.88. The van der Waals surface area contributed by atoms with Crippen molar-refractivity contribution in [3.63, 3.8) is 0 Å². The van der Waals surface area contributed by atoms with Crippen LogP contribution in [0, 0.1) is 5.92 Å². The molecule has 0 N–H and O–H groups in total. The standard InChI is InChI=1S/C14H18BrNO/c1-16(9-5-8-15)14(17)13-10-12(13)11-6-3-2-4-7-11/h2-4,6-7,12-13H,5,8-10H2,1H3. The molecule has 3 heteroatoms. The third-order valence-corrected chi connectivity index (χ3v) is 3.90. The fraction of sp³-hybridized carbons (Fsp3) is 0.500. The SMILES string of the molecule is CN(CCCBr)C(=O)C1CC1c1ccccc1. The van der Waals surface area contributed by atoms with Crippen molar-refractivity contribution < 1.29 is 4.79 Å². The van der Waals surface area contributed by atoms with Gasteiger partial charge < -0.3 is 4.90 Å². The average molecular weight is 296 g/mol. The Kier molecular flexibility index (Phi) is 4.21. The van der Waals surface area contributed by atoms with Crippen LogP contribution < -0.4 is 0 Å². The van der Waals surface area contributed by atoms with E-state index in [0.29, 0.717) is 11.8 Å². The zero-order chi connectivity index (χ0) is 12.3. The van der Waals surface area contributed by atoms with E-state index in [1.54, 1.807) is 0 Å². The molecule has 92 valence electrons. The number of hydrogen-bond acceptors (Lipinski definition) is 1. The van der Waals surface area contributed by atoms with E-state index in [9.17, 15) is 4.79 Å². The topological polar surface area (TPSA) is 20.3 Å². The minimum absolute atomic E-state index is 0.220. The zero-order valence-corrected chi connectivity index (χ0v) is 11.7. The predicted molar refractivity (Wildman–Crippen MR) is 73.3 cm³/mol. The summed E-state index contributed by atoms with van der Waals surface area (Å²) in [4.78, 5) is 14.0. The molecule has 2 rings (SSSR count). The molecular formula is C14H18BrNO. The predicted octanol–water partition coefficient (Wildman–Crippen LogP) is 3.03. The lowest BCUT2D eigenvalue weighted by molar-refractivity contribution is -0.131. The third-order valence-electron chi connectivity index (χ3n) is 3.34. The van der Waals surface area contributed by atoms with Crippen LogP contribution in [0.3, 0.4) is 0 Å². The number of halogens is 1. The normalized spacial score (nSPS) is 22.2. The lowest BCUT2D eigenvalue weighted by Crippen LogP contribution is -2.29. The van der Waals surface area contributed by atoms with Crippen LogP contribution in [-0.4, -0.2) is 29.7 Å². The highest BCUT2D eigenvalue weighted by Gasteiger charge is 2.44. The first kappa shape index (κ1) is 12.6. The Labute approximate surface area is 111 Å². The van der Waals surface area contributed by atoms with Crippen molar-refractivity contribution >= 4 is 21.8 Å². The zero-order valence-electron chi connectivity index (χ0n) is 10.1. The Morgan fingerprint density at radius 1 is 1.41 bits per heavy atom. The van der Waals surface area contributed by atoms with Crippen LogP contribution in [0.1, 0.15) is 24.3 Å². The molecule has 2 nitrogen and oxygen atoms in total. The molecule has 1 aromatic rings. The molecule has 17 heavy (non-hydrogen) atoms. The van der Waals surface area contributed by atoms with Crippen LogP contribution >= 0.6 is 15.9 Å². The van der Waals surface area contributed by atoms with Crippen molar-refractivity contribution in [2.24, 2.45) is 5.92 Å². The van der Waals surface area contributed by atoms with Crippen LogP contribution in [0.25, 0.3) is 0 Å². The smallest absolute Gasteiger partial charge is 0.226 e. The second kappa shape index (κ2) is 5.67. The molecule has 1 fully saturated rings. The summed E-state index contributed by atoms with van der Waals surface area (Å²) in [6.07, 6.45) is 2.03. The van der Waals surface area contributed by atoms with Gasteiger partial charge in [-0.3, -0.25) is 4.79 Å². The van der Waals surface area contributed by atoms with Crippen molar-refractivity contribution in [1.29, 1.82) is 0 Å².